The van der Waals surface area contributed by atoms with E-state index in [4.69, 9.17) is 11.4 Å². The average molecular weight is 1460 g/mol. The fourth-order valence-electron chi connectivity index (χ4n) is 12.3. The van der Waals surface area contributed by atoms with Crippen molar-refractivity contribution >= 4 is 68.0 Å². The van der Waals surface area contributed by atoms with Crippen LogP contribution in [0.1, 0.15) is 484 Å². The third kappa shape index (κ3) is 102. The number of carboxylic acids is 2. The Bertz CT molecular complexity index is 1690. The summed E-state index contributed by atoms with van der Waals surface area (Å²) in [4.78, 5) is 58.8. The molecular weight excluding hydrogens is 1290 g/mol. The van der Waals surface area contributed by atoms with Crippen LogP contribution < -0.4 is 10.2 Å². The Morgan fingerprint density at radius 1 is 0.206 bits per heavy atom. The van der Waals surface area contributed by atoms with Crippen LogP contribution in [0.3, 0.4) is 0 Å². The molecule has 0 saturated heterocycles. The summed E-state index contributed by atoms with van der Waals surface area (Å²) in [5.74, 6) is -3.13. The number of carbonyl (C=O) groups is 5. The molecule has 0 aliphatic heterocycles. The van der Waals surface area contributed by atoms with Gasteiger partial charge in [0.2, 0.25) is 0 Å². The van der Waals surface area contributed by atoms with Gasteiger partial charge in [0.1, 0.15) is 0 Å². The first-order valence-corrected chi connectivity index (χ1v) is 45.2. The molecule has 0 aromatic heterocycles. The molecule has 0 radical (unpaired) electrons. The van der Waals surface area contributed by atoms with E-state index in [1.54, 1.807) is 0 Å². The SMILES string of the molecule is CCCCCCCC/C=C\CCCCCCCC(=O)[O-].CCCCCCCC/C=C\CCCCCCCC(=O)[O-].CCCCCCCC/C=C\CCCCCCCC(=O)[O][Al]([O]C(=O)CCCCCCC/C=C\CCCCCCCC)[O]C(=O)CCCCCCC/C=C\CCCCCCCC.[Mg+2]. The number of carboxylic acid groups (broad SMARTS) is 2. The molecule has 0 fully saturated rings. The van der Waals surface area contributed by atoms with Crippen LogP contribution in [0.15, 0.2) is 60.8 Å². The van der Waals surface area contributed by atoms with Crippen LogP contribution in [0.25, 0.3) is 0 Å². The Labute approximate surface area is 654 Å². The van der Waals surface area contributed by atoms with E-state index in [9.17, 15) is 34.2 Å². The van der Waals surface area contributed by atoms with Gasteiger partial charge in [-0.2, -0.15) is 0 Å². The van der Waals surface area contributed by atoms with Gasteiger partial charge in [-0.25, -0.2) is 0 Å². The van der Waals surface area contributed by atoms with Crippen molar-refractivity contribution in [1.82, 2.24) is 0 Å². The first-order valence-electron chi connectivity index (χ1n) is 43.8. The van der Waals surface area contributed by atoms with E-state index in [1.165, 1.54) is 283 Å². The van der Waals surface area contributed by atoms with E-state index in [1.807, 2.05) is 0 Å². The van der Waals surface area contributed by atoms with E-state index >= 15 is 0 Å². The van der Waals surface area contributed by atoms with Gasteiger partial charge < -0.3 is 31.2 Å². The predicted octanol–water partition coefficient (Wildman–Crippen LogP) is 26.9. The molecule has 0 aromatic rings. The van der Waals surface area contributed by atoms with Gasteiger partial charge in [0, 0.05) is 31.2 Å². The maximum absolute atomic E-state index is 12.8. The van der Waals surface area contributed by atoms with Gasteiger partial charge in [-0.05, 0) is 173 Å². The van der Waals surface area contributed by atoms with Crippen molar-refractivity contribution in [2.75, 3.05) is 0 Å². The predicted molar refractivity (Wildman–Crippen MR) is 437 cm³/mol. The maximum Gasteiger partial charge on any atom is 2.00 e. The normalized spacial score (nSPS) is 11.4. The second-order valence-corrected chi connectivity index (χ2v) is 30.5. The maximum atomic E-state index is 12.8. The van der Waals surface area contributed by atoms with Crippen LogP contribution in [0.5, 0.6) is 0 Å². The van der Waals surface area contributed by atoms with E-state index in [-0.39, 0.29) is 55.2 Å². The molecule has 0 saturated carbocycles. The molecule has 590 valence electrons. The molecule has 12 heteroatoms. The quantitative estimate of drug-likeness (QED) is 0.0326. The molecule has 0 atom stereocenters. The van der Waals surface area contributed by atoms with Gasteiger partial charge in [0.25, 0.3) is 17.9 Å². The number of allylic oxidation sites excluding steroid dienone is 10. The zero-order valence-corrected chi connectivity index (χ0v) is 70.7. The molecule has 0 rings (SSSR count). The molecule has 102 heavy (non-hydrogen) atoms. The van der Waals surface area contributed by atoms with Crippen molar-refractivity contribution in [2.45, 2.75) is 484 Å². The van der Waals surface area contributed by atoms with E-state index < -0.39 is 45.0 Å². The zero-order valence-electron chi connectivity index (χ0n) is 68.1. The van der Waals surface area contributed by atoms with Crippen LogP contribution in [0.2, 0.25) is 0 Å². The minimum Gasteiger partial charge on any atom is -0.551 e. The van der Waals surface area contributed by atoms with Crippen molar-refractivity contribution in [3.8, 4) is 0 Å². The van der Waals surface area contributed by atoms with Crippen molar-refractivity contribution < 1.29 is 45.6 Å². The summed E-state index contributed by atoms with van der Waals surface area (Å²) < 4.78 is 16.7. The fourth-order valence-corrected chi connectivity index (χ4v) is 13.4. The summed E-state index contributed by atoms with van der Waals surface area (Å²) in [5, 5.41) is 20.4. The van der Waals surface area contributed by atoms with Gasteiger partial charge in [0.05, 0.1) is 0 Å². The van der Waals surface area contributed by atoms with E-state index in [0.717, 1.165) is 135 Å². The van der Waals surface area contributed by atoms with Crippen LogP contribution in [0, 0.1) is 0 Å². The second kappa shape index (κ2) is 96.4. The van der Waals surface area contributed by atoms with Gasteiger partial charge >= 0.3 is 38.2 Å². The standard InChI is InChI=1S/5C18H34O2.Al.Mg/c5*1-2-3-4-5-6-7-8-9-10-11-12-13-14-15-16-17-18(19)20;;/h5*9-10H,2-8,11-17H2,1H3,(H,19,20);;/q;;;;;+3;+2/p-5/b5*10-9-;;. The Balaban J connectivity index is -0.000000944. The summed E-state index contributed by atoms with van der Waals surface area (Å²) in [6, 6.07) is 0. The number of hydrogen-bond donors (Lipinski definition) is 0. The Morgan fingerprint density at radius 2 is 0.333 bits per heavy atom. The number of unbranched alkanes of at least 4 members (excludes halogenated alkanes) is 55. The molecule has 0 aliphatic carbocycles. The van der Waals surface area contributed by atoms with Crippen molar-refractivity contribution in [1.29, 1.82) is 0 Å². The summed E-state index contributed by atoms with van der Waals surface area (Å²) in [6.07, 6.45) is 103. The first-order chi connectivity index (χ1) is 49.6. The largest absolute Gasteiger partial charge is 2.00 e. The average Bonchev–Trinajstić information content (AvgIpc) is 1.13. The van der Waals surface area contributed by atoms with Crippen molar-refractivity contribution in [2.24, 2.45) is 0 Å². The minimum atomic E-state index is -3.26. The van der Waals surface area contributed by atoms with Crippen LogP contribution >= 0.6 is 0 Å². The Hall–Kier alpha value is -2.65. The molecule has 0 spiro atoms. The zero-order chi connectivity index (χ0) is 74.2. The van der Waals surface area contributed by atoms with Gasteiger partial charge in [-0.3, -0.25) is 14.4 Å². The number of hydrogen-bond acceptors (Lipinski definition) is 10. The number of carbonyl (C=O) groups excluding carboxylic acids is 5. The first kappa shape index (κ1) is 106. The third-order valence-corrected chi connectivity index (χ3v) is 20.3. The summed E-state index contributed by atoms with van der Waals surface area (Å²) >= 11 is -3.26. The Morgan fingerprint density at radius 3 is 0.480 bits per heavy atom. The van der Waals surface area contributed by atoms with Gasteiger partial charge in [-0.15, -0.1) is 0 Å². The molecule has 0 heterocycles. The van der Waals surface area contributed by atoms with Crippen LogP contribution in [-0.2, 0) is 35.3 Å². The smallest absolute Gasteiger partial charge is 0.551 e. The molecule has 10 nitrogen and oxygen atoms in total. The van der Waals surface area contributed by atoms with Crippen LogP contribution in [0.4, 0.5) is 0 Å². The van der Waals surface area contributed by atoms with E-state index in [0.29, 0.717) is 0 Å². The molecule has 0 N–H and O–H groups in total. The Kier molecular flexibility index (Phi) is 99.9. The molecule has 0 bridgehead atoms. The number of aliphatic carboxylic acids is 2. The molecular formula is C90H165AlMgO10. The number of rotatable bonds is 78. The van der Waals surface area contributed by atoms with E-state index in [2.05, 4.69) is 95.4 Å². The molecule has 0 unspecified atom stereocenters. The second-order valence-electron chi connectivity index (χ2n) is 29.2. The molecule has 0 amide bonds. The van der Waals surface area contributed by atoms with Crippen LogP contribution in [-0.4, -0.2) is 68.0 Å². The summed E-state index contributed by atoms with van der Waals surface area (Å²) in [7, 11) is 0. The summed E-state index contributed by atoms with van der Waals surface area (Å²) in [6.45, 7) is 11.3. The summed E-state index contributed by atoms with van der Waals surface area (Å²) in [5.41, 5.74) is 0. The molecule has 0 aliphatic rings. The monoisotopic (exact) mass is 1460 g/mol. The van der Waals surface area contributed by atoms with Gasteiger partial charge in [0.15, 0.2) is 0 Å². The topological polar surface area (TPSA) is 159 Å². The van der Waals surface area contributed by atoms with Gasteiger partial charge in [-0.1, -0.05) is 352 Å². The van der Waals surface area contributed by atoms with Crippen molar-refractivity contribution in [3.63, 3.8) is 0 Å². The third-order valence-electron chi connectivity index (χ3n) is 18.9. The fraction of sp³-hybridized carbons (Fsp3) is 0.833. The van der Waals surface area contributed by atoms with Crippen molar-refractivity contribution in [3.05, 3.63) is 60.8 Å². The minimum absolute atomic E-state index is 0. The molecule has 0 aromatic carbocycles.